The number of likely N-dealkylation sites (N-methyl/N-ethyl adjacent to an activating group) is 3. The van der Waals surface area contributed by atoms with Crippen molar-refractivity contribution < 1.29 is 34.0 Å². The standard InChI is InChI=1S/C12H17FN2O2S.C12H19N3O2S.C7H6BrFO2S.C5H12N2/c2*1-14-5-7-15(8-6-14)10-3-4-12(11(13)9-10)18(2,16)17;1-12(10,11)7-3-2-5(8)4-6(7)9;1-7-4-2-6-3-5-7/h3-4,9H,5-8H2,1-2H3;3-4,9H,5-8,13H2,1-2H3;2-4H,1H3;6H,2-5H2,1H3. The number of benzene rings is 3. The molecule has 13 nitrogen and oxygen atoms in total. The second-order valence-corrected chi connectivity index (χ2v) is 20.7. The van der Waals surface area contributed by atoms with Crippen molar-refractivity contribution in [2.45, 2.75) is 14.7 Å². The van der Waals surface area contributed by atoms with E-state index in [2.05, 4.69) is 59.8 Å². The number of anilines is 3. The average molecular weight is 895 g/mol. The van der Waals surface area contributed by atoms with E-state index in [9.17, 15) is 34.0 Å². The summed E-state index contributed by atoms with van der Waals surface area (Å²) in [5.74, 6) is -1.40. The zero-order valence-electron chi connectivity index (χ0n) is 32.3. The molecule has 0 unspecified atom stereocenters. The van der Waals surface area contributed by atoms with Crippen molar-refractivity contribution in [1.82, 2.24) is 20.0 Å². The van der Waals surface area contributed by atoms with Crippen LogP contribution in [0.5, 0.6) is 0 Å². The summed E-state index contributed by atoms with van der Waals surface area (Å²) >= 11 is 3.03. The summed E-state index contributed by atoms with van der Waals surface area (Å²) in [6.45, 7) is 12.1. The number of hydrogen-bond donors (Lipinski definition) is 2. The predicted octanol–water partition coefficient (Wildman–Crippen LogP) is 2.92. The van der Waals surface area contributed by atoms with Gasteiger partial charge in [-0.2, -0.15) is 0 Å². The van der Waals surface area contributed by atoms with E-state index in [0.29, 0.717) is 10.2 Å². The average Bonchev–Trinajstić information content (AvgIpc) is 3.08. The minimum Gasteiger partial charge on any atom is -0.398 e. The highest BCUT2D eigenvalue weighted by molar-refractivity contribution is 9.10. The van der Waals surface area contributed by atoms with Gasteiger partial charge in [0.1, 0.15) is 21.4 Å². The minimum absolute atomic E-state index is 0.209. The summed E-state index contributed by atoms with van der Waals surface area (Å²) in [5.41, 5.74) is 7.89. The van der Waals surface area contributed by atoms with Crippen molar-refractivity contribution in [3.05, 3.63) is 70.7 Å². The molecule has 3 aliphatic rings. The number of nitrogens with zero attached hydrogens (tertiary/aromatic N) is 5. The van der Waals surface area contributed by atoms with Crippen molar-refractivity contribution in [3.8, 4) is 0 Å². The Balaban J connectivity index is 0.000000207. The Kier molecular flexibility index (Phi) is 17.3. The highest BCUT2D eigenvalue weighted by Crippen LogP contribution is 2.26. The highest BCUT2D eigenvalue weighted by atomic mass is 79.9. The van der Waals surface area contributed by atoms with Crippen molar-refractivity contribution in [2.75, 3.05) is 134 Å². The molecule has 3 aliphatic heterocycles. The number of rotatable bonds is 5. The maximum atomic E-state index is 13.8. The molecule has 0 aliphatic carbocycles. The molecule has 3 aromatic rings. The first-order valence-corrected chi connectivity index (χ1v) is 24.0. The van der Waals surface area contributed by atoms with Crippen LogP contribution in [0.3, 0.4) is 0 Å². The van der Waals surface area contributed by atoms with Crippen LogP contribution in [0.25, 0.3) is 0 Å². The second-order valence-electron chi connectivity index (χ2n) is 13.9. The summed E-state index contributed by atoms with van der Waals surface area (Å²) < 4.78 is 94.7. The summed E-state index contributed by atoms with van der Waals surface area (Å²) in [6.07, 6.45) is 3.16. The molecule has 3 aromatic carbocycles. The third kappa shape index (κ3) is 15.2. The molecule has 308 valence electrons. The van der Waals surface area contributed by atoms with Crippen LogP contribution in [0.15, 0.2) is 73.8 Å². The van der Waals surface area contributed by atoms with Gasteiger partial charge in [-0.15, -0.1) is 0 Å². The zero-order chi connectivity index (χ0) is 41.1. The van der Waals surface area contributed by atoms with E-state index in [0.717, 1.165) is 95.4 Å². The monoisotopic (exact) mass is 893 g/mol. The van der Waals surface area contributed by atoms with E-state index in [1.807, 2.05) is 13.1 Å². The van der Waals surface area contributed by atoms with Crippen LogP contribution in [-0.4, -0.2) is 158 Å². The molecule has 3 heterocycles. The lowest BCUT2D eigenvalue weighted by Crippen LogP contribution is -2.44. The van der Waals surface area contributed by atoms with E-state index < -0.39 is 41.1 Å². The van der Waals surface area contributed by atoms with E-state index in [1.54, 1.807) is 18.2 Å². The first kappa shape index (κ1) is 46.5. The molecule has 0 spiro atoms. The van der Waals surface area contributed by atoms with Crippen LogP contribution in [-0.2, 0) is 29.5 Å². The first-order valence-electron chi connectivity index (χ1n) is 17.6. The Labute approximate surface area is 334 Å². The fraction of sp³-hybridized carbons (Fsp3) is 0.500. The summed E-state index contributed by atoms with van der Waals surface area (Å²) in [4.78, 5) is 10.8. The molecule has 0 bridgehead atoms. The van der Waals surface area contributed by atoms with Crippen LogP contribution in [0.1, 0.15) is 0 Å². The lowest BCUT2D eigenvalue weighted by molar-refractivity contribution is 0.291. The fourth-order valence-electron chi connectivity index (χ4n) is 5.74. The number of nitrogen functional groups attached to an aromatic ring is 1. The topological polar surface area (TPSA) is 157 Å². The summed E-state index contributed by atoms with van der Waals surface area (Å²) in [5, 5.41) is 3.27. The van der Waals surface area contributed by atoms with Crippen LogP contribution in [0.4, 0.5) is 25.8 Å². The summed E-state index contributed by atoms with van der Waals surface area (Å²) in [7, 11) is -3.88. The maximum absolute atomic E-state index is 13.8. The number of nitrogens with one attached hydrogen (secondary N) is 1. The van der Waals surface area contributed by atoms with Gasteiger partial charge in [-0.25, -0.2) is 34.0 Å². The smallest absolute Gasteiger partial charge is 0.178 e. The minimum atomic E-state index is -3.49. The maximum Gasteiger partial charge on any atom is 0.178 e. The molecule has 19 heteroatoms. The first-order chi connectivity index (χ1) is 25.6. The van der Waals surface area contributed by atoms with Crippen molar-refractivity contribution in [1.29, 1.82) is 0 Å². The molecular weight excluding hydrogens is 841 g/mol. The van der Waals surface area contributed by atoms with Gasteiger partial charge in [0.05, 0.1) is 10.6 Å². The Morgan fingerprint density at radius 2 is 0.909 bits per heavy atom. The molecule has 0 radical (unpaired) electrons. The molecule has 3 saturated heterocycles. The normalized spacial score (nSPS) is 17.5. The Bertz CT molecular complexity index is 1960. The van der Waals surface area contributed by atoms with Gasteiger partial charge in [0.15, 0.2) is 29.5 Å². The van der Waals surface area contributed by atoms with Crippen molar-refractivity contribution in [3.63, 3.8) is 0 Å². The van der Waals surface area contributed by atoms with Gasteiger partial charge in [0, 0.05) is 113 Å². The van der Waals surface area contributed by atoms with Crippen LogP contribution >= 0.6 is 15.9 Å². The number of halogens is 3. The molecule has 0 amide bonds. The SMILES string of the molecule is CN1CCN(c2ccc(S(C)(=O)=O)c(F)c2)CC1.CN1CCN(c2ccc(S(C)(=O)=O)c(N)c2)CC1.CN1CCNCC1.CS(=O)(=O)c1ccc(Br)cc1F. The summed E-state index contributed by atoms with van der Waals surface area (Å²) in [6, 6.07) is 13.3. The van der Waals surface area contributed by atoms with E-state index in [4.69, 9.17) is 5.73 Å². The van der Waals surface area contributed by atoms with Gasteiger partial charge in [0.2, 0.25) is 0 Å². The Morgan fingerprint density at radius 1 is 0.545 bits per heavy atom. The van der Waals surface area contributed by atoms with E-state index in [-0.39, 0.29) is 14.7 Å². The number of nitrogens with two attached hydrogens (primary N) is 1. The molecule has 0 aromatic heterocycles. The molecule has 0 atom stereocenters. The molecule has 3 N–H and O–H groups in total. The molecule has 3 fully saturated rings. The van der Waals surface area contributed by atoms with Gasteiger partial charge in [-0.3, -0.25) is 0 Å². The van der Waals surface area contributed by atoms with Gasteiger partial charge < -0.3 is 35.6 Å². The van der Waals surface area contributed by atoms with E-state index in [1.165, 1.54) is 43.6 Å². The number of sulfone groups is 3. The predicted molar refractivity (Wildman–Crippen MR) is 220 cm³/mol. The van der Waals surface area contributed by atoms with Crippen LogP contribution < -0.4 is 20.9 Å². The van der Waals surface area contributed by atoms with Crippen molar-refractivity contribution >= 4 is 62.5 Å². The molecular formula is C36H54BrF2N7O6S3. The lowest BCUT2D eigenvalue weighted by atomic mass is 10.2. The highest BCUT2D eigenvalue weighted by Gasteiger charge is 2.20. The molecule has 0 saturated carbocycles. The van der Waals surface area contributed by atoms with Gasteiger partial charge in [0.25, 0.3) is 0 Å². The Morgan fingerprint density at radius 3 is 1.25 bits per heavy atom. The number of hydrogen-bond acceptors (Lipinski definition) is 13. The van der Waals surface area contributed by atoms with Crippen molar-refractivity contribution in [2.24, 2.45) is 0 Å². The largest absolute Gasteiger partial charge is 0.398 e. The fourth-order valence-corrected chi connectivity index (χ4v) is 8.33. The van der Waals surface area contributed by atoms with Gasteiger partial charge in [-0.1, -0.05) is 15.9 Å². The lowest BCUT2D eigenvalue weighted by Gasteiger charge is -2.34. The number of piperazine rings is 3. The zero-order valence-corrected chi connectivity index (χ0v) is 36.3. The van der Waals surface area contributed by atoms with E-state index >= 15 is 0 Å². The Hall–Kier alpha value is -2.91. The van der Waals surface area contributed by atoms with Gasteiger partial charge in [-0.05, 0) is 75.7 Å². The molecule has 6 rings (SSSR count). The second kappa shape index (κ2) is 20.5. The quantitative estimate of drug-likeness (QED) is 0.361. The van der Waals surface area contributed by atoms with Gasteiger partial charge >= 0.3 is 0 Å². The third-order valence-corrected chi connectivity index (χ3v) is 13.0. The van der Waals surface area contributed by atoms with Crippen LogP contribution in [0.2, 0.25) is 0 Å². The molecule has 55 heavy (non-hydrogen) atoms. The van der Waals surface area contributed by atoms with Crippen LogP contribution in [0, 0.1) is 11.6 Å². The third-order valence-electron chi connectivity index (χ3n) is 9.08.